The van der Waals surface area contributed by atoms with Gasteiger partial charge in [-0.3, -0.25) is 4.72 Å². The molecule has 0 amide bonds. The van der Waals surface area contributed by atoms with Crippen LogP contribution in [0, 0.1) is 5.82 Å². The molecule has 2 aromatic rings. The second-order valence-electron chi connectivity index (χ2n) is 4.99. The Balaban J connectivity index is 2.19. The van der Waals surface area contributed by atoms with Gasteiger partial charge in [0.2, 0.25) is 0 Å². The summed E-state index contributed by atoms with van der Waals surface area (Å²) in [5, 5.41) is 0. The van der Waals surface area contributed by atoms with Gasteiger partial charge < -0.3 is 0 Å². The molecule has 0 saturated carbocycles. The number of halogens is 1. The zero-order chi connectivity index (χ0) is 15.5. The lowest BCUT2D eigenvalue weighted by atomic mass is 9.99. The molecule has 1 atom stereocenters. The normalized spacial score (nSPS) is 12.9. The summed E-state index contributed by atoms with van der Waals surface area (Å²) in [5.74, 6) is -0.0281. The van der Waals surface area contributed by atoms with Gasteiger partial charge in [0.05, 0.1) is 4.90 Å². The molecular formula is C16H18FNO2S. The van der Waals surface area contributed by atoms with Crippen molar-refractivity contribution in [2.45, 2.75) is 31.1 Å². The SMILES string of the molecule is CC[C@@H](C)c1ccc(NS(=O)(=O)c2ccc(F)cc2)cc1. The number of rotatable bonds is 5. The van der Waals surface area contributed by atoms with Crippen molar-refractivity contribution in [3.05, 3.63) is 59.9 Å². The van der Waals surface area contributed by atoms with E-state index < -0.39 is 15.8 Å². The summed E-state index contributed by atoms with van der Waals surface area (Å²) in [4.78, 5) is 0.0369. The Hall–Kier alpha value is -1.88. The number of anilines is 1. The fourth-order valence-corrected chi connectivity index (χ4v) is 3.00. The monoisotopic (exact) mass is 307 g/mol. The standard InChI is InChI=1S/C16H18FNO2S/c1-3-12(2)13-4-8-15(9-5-13)18-21(19,20)16-10-6-14(17)7-11-16/h4-12,18H,3H2,1-2H3/t12-/m1/s1. The average Bonchev–Trinajstić information content (AvgIpc) is 2.47. The molecule has 5 heteroatoms. The van der Waals surface area contributed by atoms with Gasteiger partial charge in [-0.2, -0.15) is 0 Å². The van der Waals surface area contributed by atoms with E-state index in [4.69, 9.17) is 0 Å². The summed E-state index contributed by atoms with van der Waals surface area (Å²) in [5.41, 5.74) is 1.66. The van der Waals surface area contributed by atoms with E-state index in [9.17, 15) is 12.8 Å². The molecule has 21 heavy (non-hydrogen) atoms. The van der Waals surface area contributed by atoms with E-state index in [1.807, 2.05) is 12.1 Å². The number of hydrogen-bond donors (Lipinski definition) is 1. The molecular weight excluding hydrogens is 289 g/mol. The lowest BCUT2D eigenvalue weighted by Crippen LogP contribution is -2.12. The first-order chi connectivity index (χ1) is 9.92. The molecule has 0 radical (unpaired) electrons. The van der Waals surface area contributed by atoms with Gasteiger partial charge in [0.15, 0.2) is 0 Å². The highest BCUT2D eigenvalue weighted by molar-refractivity contribution is 7.92. The summed E-state index contributed by atoms with van der Waals surface area (Å²) in [6, 6.07) is 12.0. The van der Waals surface area contributed by atoms with Gasteiger partial charge in [0.25, 0.3) is 10.0 Å². The number of sulfonamides is 1. The Morgan fingerprint density at radius 1 is 1.05 bits per heavy atom. The second-order valence-corrected chi connectivity index (χ2v) is 6.67. The van der Waals surface area contributed by atoms with Crippen LogP contribution in [0.1, 0.15) is 31.7 Å². The quantitative estimate of drug-likeness (QED) is 0.902. The number of nitrogens with one attached hydrogen (secondary N) is 1. The minimum absolute atomic E-state index is 0.0369. The molecule has 0 saturated heterocycles. The molecule has 0 fully saturated rings. The first-order valence-electron chi connectivity index (χ1n) is 6.80. The van der Waals surface area contributed by atoms with Crippen molar-refractivity contribution in [2.24, 2.45) is 0 Å². The van der Waals surface area contributed by atoms with Crippen LogP contribution in [0.3, 0.4) is 0 Å². The summed E-state index contributed by atoms with van der Waals surface area (Å²) >= 11 is 0. The Labute approximate surface area is 124 Å². The summed E-state index contributed by atoms with van der Waals surface area (Å²) in [7, 11) is -3.69. The first-order valence-corrected chi connectivity index (χ1v) is 8.29. The molecule has 0 spiro atoms. The summed E-state index contributed by atoms with van der Waals surface area (Å²) in [6.45, 7) is 4.23. The Morgan fingerprint density at radius 2 is 1.62 bits per heavy atom. The van der Waals surface area contributed by atoms with E-state index in [1.165, 1.54) is 17.7 Å². The second kappa shape index (κ2) is 6.26. The maximum absolute atomic E-state index is 12.8. The zero-order valence-corrected chi connectivity index (χ0v) is 12.8. The van der Waals surface area contributed by atoms with E-state index in [1.54, 1.807) is 12.1 Å². The molecule has 0 aliphatic heterocycles. The molecule has 3 nitrogen and oxygen atoms in total. The van der Waals surface area contributed by atoms with E-state index in [0.29, 0.717) is 11.6 Å². The maximum Gasteiger partial charge on any atom is 0.261 e. The average molecular weight is 307 g/mol. The Bertz CT molecular complexity index is 694. The maximum atomic E-state index is 12.8. The lowest BCUT2D eigenvalue weighted by Gasteiger charge is -2.11. The van der Waals surface area contributed by atoms with Gasteiger partial charge >= 0.3 is 0 Å². The van der Waals surface area contributed by atoms with Gasteiger partial charge in [-0.05, 0) is 54.3 Å². The zero-order valence-electron chi connectivity index (χ0n) is 12.0. The van der Waals surface area contributed by atoms with Crippen LogP contribution in [0.5, 0.6) is 0 Å². The third-order valence-electron chi connectivity index (χ3n) is 3.47. The number of benzene rings is 2. The van der Waals surface area contributed by atoms with Crippen molar-refractivity contribution in [1.29, 1.82) is 0 Å². The van der Waals surface area contributed by atoms with Crippen LogP contribution in [0.4, 0.5) is 10.1 Å². The molecule has 1 N–H and O–H groups in total. The molecule has 0 bridgehead atoms. The van der Waals surface area contributed by atoms with Gasteiger partial charge in [0.1, 0.15) is 5.82 Å². The fourth-order valence-electron chi connectivity index (χ4n) is 1.94. The smallest absolute Gasteiger partial charge is 0.261 e. The summed E-state index contributed by atoms with van der Waals surface area (Å²) < 4.78 is 39.6. The van der Waals surface area contributed by atoms with E-state index in [0.717, 1.165) is 18.6 Å². The Kier molecular flexibility index (Phi) is 4.63. The molecule has 0 aliphatic rings. The topological polar surface area (TPSA) is 46.2 Å². The minimum atomic E-state index is -3.69. The molecule has 2 aromatic carbocycles. The molecule has 2 rings (SSSR count). The molecule has 0 aromatic heterocycles. The Morgan fingerprint density at radius 3 is 2.14 bits per heavy atom. The predicted octanol–water partition coefficient (Wildman–Crippen LogP) is 4.14. The molecule has 112 valence electrons. The number of hydrogen-bond acceptors (Lipinski definition) is 2. The van der Waals surface area contributed by atoms with Crippen LogP contribution in [0.2, 0.25) is 0 Å². The third kappa shape index (κ3) is 3.82. The molecule has 0 unspecified atom stereocenters. The largest absolute Gasteiger partial charge is 0.280 e. The van der Waals surface area contributed by atoms with E-state index >= 15 is 0 Å². The van der Waals surface area contributed by atoms with Crippen LogP contribution < -0.4 is 4.72 Å². The van der Waals surface area contributed by atoms with E-state index in [2.05, 4.69) is 18.6 Å². The van der Waals surface area contributed by atoms with Crippen LogP contribution >= 0.6 is 0 Å². The van der Waals surface area contributed by atoms with Crippen molar-refractivity contribution in [3.8, 4) is 0 Å². The predicted molar refractivity (Wildman–Crippen MR) is 82.4 cm³/mol. The van der Waals surface area contributed by atoms with Gasteiger partial charge in [-0.25, -0.2) is 12.8 Å². The van der Waals surface area contributed by atoms with Crippen molar-refractivity contribution in [3.63, 3.8) is 0 Å². The third-order valence-corrected chi connectivity index (χ3v) is 4.87. The lowest BCUT2D eigenvalue weighted by molar-refractivity contribution is 0.599. The highest BCUT2D eigenvalue weighted by atomic mass is 32.2. The highest BCUT2D eigenvalue weighted by Crippen LogP contribution is 2.22. The van der Waals surface area contributed by atoms with Crippen molar-refractivity contribution in [2.75, 3.05) is 4.72 Å². The summed E-state index contributed by atoms with van der Waals surface area (Å²) in [6.07, 6.45) is 1.03. The van der Waals surface area contributed by atoms with Crippen LogP contribution in [0.15, 0.2) is 53.4 Å². The highest BCUT2D eigenvalue weighted by Gasteiger charge is 2.14. The van der Waals surface area contributed by atoms with Gasteiger partial charge in [-0.1, -0.05) is 26.0 Å². The van der Waals surface area contributed by atoms with Crippen molar-refractivity contribution >= 4 is 15.7 Å². The molecule has 0 aliphatic carbocycles. The van der Waals surface area contributed by atoms with E-state index in [-0.39, 0.29) is 4.90 Å². The first kappa shape index (κ1) is 15.5. The van der Waals surface area contributed by atoms with Crippen LogP contribution in [-0.2, 0) is 10.0 Å². The van der Waals surface area contributed by atoms with Crippen LogP contribution in [0.25, 0.3) is 0 Å². The van der Waals surface area contributed by atoms with Gasteiger partial charge in [-0.15, -0.1) is 0 Å². The minimum Gasteiger partial charge on any atom is -0.280 e. The van der Waals surface area contributed by atoms with Crippen molar-refractivity contribution in [1.82, 2.24) is 0 Å². The fraction of sp³-hybridized carbons (Fsp3) is 0.250. The van der Waals surface area contributed by atoms with Gasteiger partial charge in [0, 0.05) is 5.69 Å². The molecule has 0 heterocycles. The van der Waals surface area contributed by atoms with Crippen molar-refractivity contribution < 1.29 is 12.8 Å². The van der Waals surface area contributed by atoms with Crippen LogP contribution in [-0.4, -0.2) is 8.42 Å².